The lowest BCUT2D eigenvalue weighted by Crippen LogP contribution is -2.24. The Bertz CT molecular complexity index is 1460. The molecule has 4 aromatic rings. The SMILES string of the molecule is O=C(NCc1ccc(S(=O)(=O)c2ccc(N3C=COCC3)cc2)cn1)c1cnc2[nH]ncc2c1. The van der Waals surface area contributed by atoms with Crippen molar-refractivity contribution in [3.8, 4) is 0 Å². The maximum atomic E-state index is 13.0. The van der Waals surface area contributed by atoms with Gasteiger partial charge in [-0.15, -0.1) is 0 Å². The Morgan fingerprint density at radius 3 is 2.62 bits per heavy atom. The third-order valence-electron chi connectivity index (χ3n) is 5.36. The highest BCUT2D eigenvalue weighted by Gasteiger charge is 2.19. The van der Waals surface area contributed by atoms with Gasteiger partial charge in [0.1, 0.15) is 6.61 Å². The second-order valence-electron chi connectivity index (χ2n) is 7.55. The fourth-order valence-electron chi connectivity index (χ4n) is 3.49. The fourth-order valence-corrected chi connectivity index (χ4v) is 4.69. The van der Waals surface area contributed by atoms with Crippen molar-refractivity contribution in [1.29, 1.82) is 0 Å². The Hall–Kier alpha value is -4.25. The van der Waals surface area contributed by atoms with Crippen LogP contribution in [-0.4, -0.2) is 47.6 Å². The number of fused-ring (bicyclic) bond motifs is 1. The van der Waals surface area contributed by atoms with Gasteiger partial charge in [0.15, 0.2) is 5.65 Å². The molecule has 2 N–H and O–H groups in total. The van der Waals surface area contributed by atoms with Crippen LogP contribution >= 0.6 is 0 Å². The van der Waals surface area contributed by atoms with E-state index in [1.165, 1.54) is 18.5 Å². The number of aromatic amines is 1. The number of nitrogens with zero attached hydrogens (tertiary/aromatic N) is 4. The average molecular weight is 477 g/mol. The van der Waals surface area contributed by atoms with Crippen molar-refractivity contribution < 1.29 is 17.9 Å². The lowest BCUT2D eigenvalue weighted by atomic mass is 10.2. The van der Waals surface area contributed by atoms with E-state index in [1.54, 1.807) is 55.1 Å². The summed E-state index contributed by atoms with van der Waals surface area (Å²) in [5.74, 6) is -0.315. The molecule has 11 heteroatoms. The first-order valence-corrected chi connectivity index (χ1v) is 11.9. The number of sulfone groups is 1. The van der Waals surface area contributed by atoms with Crippen LogP contribution in [0.5, 0.6) is 0 Å². The molecule has 0 aliphatic carbocycles. The topological polar surface area (TPSA) is 130 Å². The highest BCUT2D eigenvalue weighted by molar-refractivity contribution is 7.91. The fraction of sp³-hybridized carbons (Fsp3) is 0.130. The summed E-state index contributed by atoms with van der Waals surface area (Å²) in [6, 6.07) is 11.4. The predicted molar refractivity (Wildman–Crippen MR) is 124 cm³/mol. The lowest BCUT2D eigenvalue weighted by Gasteiger charge is -2.23. The monoisotopic (exact) mass is 476 g/mol. The molecule has 1 aliphatic heterocycles. The van der Waals surface area contributed by atoms with Gasteiger partial charge >= 0.3 is 0 Å². The van der Waals surface area contributed by atoms with E-state index in [2.05, 4.69) is 25.5 Å². The Balaban J connectivity index is 1.25. The molecule has 0 radical (unpaired) electrons. The van der Waals surface area contributed by atoms with E-state index in [9.17, 15) is 13.2 Å². The van der Waals surface area contributed by atoms with Gasteiger partial charge in [-0.25, -0.2) is 13.4 Å². The molecule has 3 aromatic heterocycles. The van der Waals surface area contributed by atoms with Gasteiger partial charge in [0.05, 0.1) is 46.6 Å². The van der Waals surface area contributed by atoms with Crippen LogP contribution in [0, 0.1) is 0 Å². The van der Waals surface area contributed by atoms with Gasteiger partial charge in [-0.1, -0.05) is 0 Å². The molecule has 0 fully saturated rings. The zero-order chi connectivity index (χ0) is 23.5. The summed E-state index contributed by atoms with van der Waals surface area (Å²) >= 11 is 0. The minimum atomic E-state index is -3.72. The molecular formula is C23H20N6O4S. The highest BCUT2D eigenvalue weighted by atomic mass is 32.2. The zero-order valence-electron chi connectivity index (χ0n) is 17.9. The number of carbonyl (C=O) groups is 1. The first-order chi connectivity index (χ1) is 16.5. The number of H-pyrrole nitrogens is 1. The van der Waals surface area contributed by atoms with Crippen molar-refractivity contribution in [3.05, 3.63) is 84.8 Å². The van der Waals surface area contributed by atoms with E-state index in [4.69, 9.17) is 4.74 Å². The molecule has 1 aliphatic rings. The number of amides is 1. The quantitative estimate of drug-likeness (QED) is 0.434. The molecular weight excluding hydrogens is 456 g/mol. The molecule has 0 saturated carbocycles. The van der Waals surface area contributed by atoms with Crippen molar-refractivity contribution >= 4 is 32.5 Å². The van der Waals surface area contributed by atoms with Gasteiger partial charge in [-0.2, -0.15) is 5.10 Å². The molecule has 4 heterocycles. The van der Waals surface area contributed by atoms with E-state index < -0.39 is 9.84 Å². The normalized spacial score (nSPS) is 13.6. The molecule has 34 heavy (non-hydrogen) atoms. The average Bonchev–Trinajstić information content (AvgIpc) is 3.36. The second-order valence-corrected chi connectivity index (χ2v) is 9.50. The summed E-state index contributed by atoms with van der Waals surface area (Å²) in [5, 5.41) is 10.1. The molecule has 0 spiro atoms. The number of ether oxygens (including phenoxy) is 1. The number of benzene rings is 1. The number of pyridine rings is 2. The van der Waals surface area contributed by atoms with E-state index in [1.807, 2.05) is 4.90 Å². The molecule has 1 aromatic carbocycles. The Labute approximate surface area is 195 Å². The maximum absolute atomic E-state index is 13.0. The van der Waals surface area contributed by atoms with Crippen LogP contribution in [0.15, 0.2) is 83.3 Å². The second kappa shape index (κ2) is 8.94. The zero-order valence-corrected chi connectivity index (χ0v) is 18.7. The van der Waals surface area contributed by atoms with Gasteiger partial charge in [0, 0.05) is 29.7 Å². The van der Waals surface area contributed by atoms with Crippen LogP contribution in [-0.2, 0) is 21.1 Å². The number of carbonyl (C=O) groups excluding carboxylic acids is 1. The van der Waals surface area contributed by atoms with Gasteiger partial charge in [0.2, 0.25) is 9.84 Å². The minimum absolute atomic E-state index is 0.0798. The number of rotatable bonds is 6. The minimum Gasteiger partial charge on any atom is -0.498 e. The summed E-state index contributed by atoms with van der Waals surface area (Å²) in [7, 11) is -3.72. The van der Waals surface area contributed by atoms with Crippen molar-refractivity contribution in [2.45, 2.75) is 16.3 Å². The number of anilines is 1. The number of hydrogen-bond acceptors (Lipinski definition) is 8. The number of aromatic nitrogens is 4. The van der Waals surface area contributed by atoms with E-state index in [0.717, 1.165) is 11.1 Å². The van der Waals surface area contributed by atoms with Gasteiger partial charge in [-0.05, 0) is 42.5 Å². The molecule has 0 unspecified atom stereocenters. The van der Waals surface area contributed by atoms with Crippen LogP contribution < -0.4 is 10.2 Å². The maximum Gasteiger partial charge on any atom is 0.253 e. The van der Waals surface area contributed by atoms with Crippen LogP contribution in [0.4, 0.5) is 5.69 Å². The summed E-state index contributed by atoms with van der Waals surface area (Å²) in [6.07, 6.45) is 7.76. The van der Waals surface area contributed by atoms with Crippen molar-refractivity contribution in [3.63, 3.8) is 0 Å². The van der Waals surface area contributed by atoms with E-state index in [0.29, 0.717) is 30.1 Å². The third kappa shape index (κ3) is 4.33. The predicted octanol–water partition coefficient (Wildman–Crippen LogP) is 2.42. The van der Waals surface area contributed by atoms with Crippen molar-refractivity contribution in [1.82, 2.24) is 25.5 Å². The molecule has 5 rings (SSSR count). The Kier molecular flexibility index (Phi) is 5.68. The van der Waals surface area contributed by atoms with Crippen molar-refractivity contribution in [2.24, 2.45) is 0 Å². The Morgan fingerprint density at radius 2 is 1.88 bits per heavy atom. The molecule has 10 nitrogen and oxygen atoms in total. The molecule has 0 atom stereocenters. The largest absolute Gasteiger partial charge is 0.498 e. The molecule has 0 bridgehead atoms. The summed E-state index contributed by atoms with van der Waals surface area (Å²) < 4.78 is 31.2. The van der Waals surface area contributed by atoms with Crippen LogP contribution in [0.2, 0.25) is 0 Å². The van der Waals surface area contributed by atoms with Gasteiger partial charge < -0.3 is 15.0 Å². The van der Waals surface area contributed by atoms with Crippen molar-refractivity contribution in [2.75, 3.05) is 18.1 Å². The van der Waals surface area contributed by atoms with Crippen LogP contribution in [0.25, 0.3) is 11.0 Å². The number of nitrogens with one attached hydrogen (secondary N) is 2. The van der Waals surface area contributed by atoms with E-state index >= 15 is 0 Å². The van der Waals surface area contributed by atoms with Gasteiger partial charge in [-0.3, -0.25) is 14.9 Å². The van der Waals surface area contributed by atoms with Gasteiger partial charge in [0.25, 0.3) is 5.91 Å². The summed E-state index contributed by atoms with van der Waals surface area (Å²) in [4.78, 5) is 23.0. The lowest BCUT2D eigenvalue weighted by molar-refractivity contribution is 0.0950. The molecule has 0 saturated heterocycles. The molecule has 172 valence electrons. The van der Waals surface area contributed by atoms with E-state index in [-0.39, 0.29) is 22.2 Å². The smallest absolute Gasteiger partial charge is 0.253 e. The summed E-state index contributed by atoms with van der Waals surface area (Å²) in [5.41, 5.74) is 2.40. The summed E-state index contributed by atoms with van der Waals surface area (Å²) in [6.45, 7) is 1.41. The first kappa shape index (κ1) is 21.6. The number of hydrogen-bond donors (Lipinski definition) is 2. The highest BCUT2D eigenvalue weighted by Crippen LogP contribution is 2.24. The first-order valence-electron chi connectivity index (χ1n) is 10.4. The van der Waals surface area contributed by atoms with Crippen LogP contribution in [0.3, 0.4) is 0 Å². The third-order valence-corrected chi connectivity index (χ3v) is 7.11. The van der Waals surface area contributed by atoms with Crippen LogP contribution in [0.1, 0.15) is 16.1 Å². The molecule has 1 amide bonds. The standard InChI is InChI=1S/C23H20N6O4S/c30-23(17-11-16-13-27-28-22(16)25-12-17)26-14-18-1-4-21(15-24-18)34(31,32)20-5-2-19(3-6-20)29-7-9-33-10-8-29/h1-7,9,11-13,15H,8,10,14H2,(H,26,30)(H,25,27,28). The Morgan fingerprint density at radius 1 is 1.06 bits per heavy atom.